The predicted octanol–water partition coefficient (Wildman–Crippen LogP) is 3.38. The minimum absolute atomic E-state index is 0.0314. The molecule has 0 aliphatic rings. The molecule has 152 valence electrons. The second-order valence-corrected chi connectivity index (χ2v) is 6.61. The first-order valence-electron chi connectivity index (χ1n) is 9.42. The first-order valence-corrected chi connectivity index (χ1v) is 9.42. The van der Waals surface area contributed by atoms with Crippen molar-refractivity contribution >= 4 is 28.5 Å². The third-order valence-corrected chi connectivity index (χ3v) is 4.56. The van der Waals surface area contributed by atoms with Crippen molar-refractivity contribution < 1.29 is 18.4 Å². The maximum atomic E-state index is 13.8. The Morgan fingerprint density at radius 2 is 1.83 bits per heavy atom. The van der Waals surface area contributed by atoms with E-state index in [0.717, 1.165) is 11.0 Å². The molecule has 0 fully saturated rings. The van der Waals surface area contributed by atoms with Gasteiger partial charge in [-0.2, -0.15) is 0 Å². The molecule has 0 aliphatic heterocycles. The van der Waals surface area contributed by atoms with Gasteiger partial charge in [-0.25, -0.2) is 9.37 Å². The summed E-state index contributed by atoms with van der Waals surface area (Å²) in [6, 6.07) is 16.7. The molecule has 0 saturated heterocycles. The lowest BCUT2D eigenvalue weighted by Gasteiger charge is -2.11. The number of hydrogen-bond donors (Lipinski definition) is 2. The van der Waals surface area contributed by atoms with Crippen LogP contribution >= 0.6 is 0 Å². The van der Waals surface area contributed by atoms with Crippen LogP contribution in [0.4, 0.5) is 10.1 Å². The zero-order valence-corrected chi connectivity index (χ0v) is 16.0. The molecule has 4 aromatic rings. The number of nitrogens with one attached hydrogen (secondary N) is 2. The van der Waals surface area contributed by atoms with Crippen molar-refractivity contribution in [2.45, 2.75) is 13.0 Å². The fraction of sp³-hybridized carbons (Fsp3) is 0.136. The summed E-state index contributed by atoms with van der Waals surface area (Å²) < 4.78 is 20.7. The van der Waals surface area contributed by atoms with Crippen molar-refractivity contribution in [3.63, 3.8) is 0 Å². The van der Waals surface area contributed by atoms with Crippen LogP contribution in [0.25, 0.3) is 11.0 Å². The van der Waals surface area contributed by atoms with E-state index in [4.69, 9.17) is 4.42 Å². The quantitative estimate of drug-likeness (QED) is 0.492. The highest BCUT2D eigenvalue weighted by Crippen LogP contribution is 2.18. The molecule has 0 radical (unpaired) electrons. The number of rotatable bonds is 7. The number of para-hydroxylation sites is 3. The van der Waals surface area contributed by atoms with Gasteiger partial charge in [0.25, 0.3) is 5.91 Å². The molecule has 0 aliphatic carbocycles. The Labute approximate surface area is 171 Å². The van der Waals surface area contributed by atoms with Crippen LogP contribution in [0.3, 0.4) is 0 Å². The Kier molecular flexibility index (Phi) is 5.56. The number of aromatic nitrogens is 2. The summed E-state index contributed by atoms with van der Waals surface area (Å²) >= 11 is 0. The van der Waals surface area contributed by atoms with Crippen LogP contribution in [-0.2, 0) is 17.8 Å². The van der Waals surface area contributed by atoms with Crippen molar-refractivity contribution in [3.8, 4) is 0 Å². The number of benzene rings is 2. The monoisotopic (exact) mass is 406 g/mol. The van der Waals surface area contributed by atoms with E-state index >= 15 is 0 Å². The Bertz CT molecular complexity index is 1180. The number of amides is 2. The standard InChI is InChI=1S/C22H19FN4O3/c23-15-6-1-2-7-16(15)26-21(28)14-27-18-9-4-3-8-17(18)25-20(27)11-12-24-22(29)19-10-5-13-30-19/h1-10,13H,11-12,14H2,(H,24,29)(H,26,28). The number of carbonyl (C=O) groups excluding carboxylic acids is 2. The van der Waals surface area contributed by atoms with Crippen molar-refractivity contribution in [1.29, 1.82) is 0 Å². The van der Waals surface area contributed by atoms with E-state index in [0.29, 0.717) is 18.8 Å². The first-order chi connectivity index (χ1) is 14.6. The lowest BCUT2D eigenvalue weighted by Crippen LogP contribution is -2.27. The highest BCUT2D eigenvalue weighted by Gasteiger charge is 2.15. The molecule has 2 aromatic carbocycles. The van der Waals surface area contributed by atoms with Crippen LogP contribution in [0, 0.1) is 5.82 Å². The number of halogens is 1. The van der Waals surface area contributed by atoms with Crippen LogP contribution < -0.4 is 10.6 Å². The molecule has 7 nitrogen and oxygen atoms in total. The maximum absolute atomic E-state index is 13.8. The molecule has 2 amide bonds. The van der Waals surface area contributed by atoms with Gasteiger partial charge in [-0.15, -0.1) is 0 Å². The van der Waals surface area contributed by atoms with Crippen LogP contribution in [0.5, 0.6) is 0 Å². The van der Waals surface area contributed by atoms with Crippen molar-refractivity contribution in [2.75, 3.05) is 11.9 Å². The van der Waals surface area contributed by atoms with Crippen molar-refractivity contribution in [2.24, 2.45) is 0 Å². The zero-order valence-electron chi connectivity index (χ0n) is 16.0. The summed E-state index contributed by atoms with van der Waals surface area (Å²) in [4.78, 5) is 29.2. The molecule has 2 aromatic heterocycles. The summed E-state index contributed by atoms with van der Waals surface area (Å²) in [5.74, 6) is -0.321. The van der Waals surface area contributed by atoms with E-state index in [-0.39, 0.29) is 29.8 Å². The van der Waals surface area contributed by atoms with Gasteiger partial charge in [-0.3, -0.25) is 9.59 Å². The topological polar surface area (TPSA) is 89.2 Å². The number of fused-ring (bicyclic) bond motifs is 1. The second-order valence-electron chi connectivity index (χ2n) is 6.61. The highest BCUT2D eigenvalue weighted by atomic mass is 19.1. The van der Waals surface area contributed by atoms with Crippen LogP contribution in [0.2, 0.25) is 0 Å². The molecule has 30 heavy (non-hydrogen) atoms. The normalized spacial score (nSPS) is 10.8. The average Bonchev–Trinajstić information content (AvgIpc) is 3.39. The molecule has 2 N–H and O–H groups in total. The Morgan fingerprint density at radius 1 is 1.03 bits per heavy atom. The Balaban J connectivity index is 1.49. The molecule has 0 saturated carbocycles. The second kappa shape index (κ2) is 8.60. The van der Waals surface area contributed by atoms with Crippen LogP contribution in [0.15, 0.2) is 71.3 Å². The van der Waals surface area contributed by atoms with Gasteiger partial charge in [0.1, 0.15) is 18.2 Å². The molecule has 0 unspecified atom stereocenters. The van der Waals surface area contributed by atoms with Gasteiger partial charge in [-0.05, 0) is 36.4 Å². The number of nitrogens with zero attached hydrogens (tertiary/aromatic N) is 2. The van der Waals surface area contributed by atoms with Crippen LogP contribution in [0.1, 0.15) is 16.4 Å². The lowest BCUT2D eigenvalue weighted by atomic mass is 10.3. The largest absolute Gasteiger partial charge is 0.459 e. The van der Waals surface area contributed by atoms with E-state index in [1.807, 2.05) is 24.3 Å². The summed E-state index contributed by atoms with van der Waals surface area (Å²) in [6.45, 7) is 0.286. The van der Waals surface area contributed by atoms with Gasteiger partial charge >= 0.3 is 0 Å². The molecule has 4 rings (SSSR count). The van der Waals surface area contributed by atoms with Gasteiger partial charge in [0, 0.05) is 13.0 Å². The highest BCUT2D eigenvalue weighted by molar-refractivity contribution is 5.92. The fourth-order valence-corrected chi connectivity index (χ4v) is 3.17. The van der Waals surface area contributed by atoms with Gasteiger partial charge < -0.3 is 19.6 Å². The fourth-order valence-electron chi connectivity index (χ4n) is 3.17. The zero-order chi connectivity index (χ0) is 20.9. The molecular formula is C22H19FN4O3. The Hall–Kier alpha value is -3.94. The summed E-state index contributed by atoms with van der Waals surface area (Å²) in [7, 11) is 0. The van der Waals surface area contributed by atoms with Gasteiger partial charge in [0.2, 0.25) is 5.91 Å². The van der Waals surface area contributed by atoms with Gasteiger partial charge in [0.15, 0.2) is 5.76 Å². The third-order valence-electron chi connectivity index (χ3n) is 4.56. The Morgan fingerprint density at radius 3 is 2.63 bits per heavy atom. The number of anilines is 1. The van der Waals surface area contributed by atoms with E-state index in [1.54, 1.807) is 28.8 Å². The van der Waals surface area contributed by atoms with E-state index in [9.17, 15) is 14.0 Å². The summed E-state index contributed by atoms with van der Waals surface area (Å²) in [6.07, 6.45) is 1.84. The van der Waals surface area contributed by atoms with Gasteiger partial charge in [0.05, 0.1) is 23.0 Å². The summed E-state index contributed by atoms with van der Waals surface area (Å²) in [5, 5.41) is 5.36. The molecule has 2 heterocycles. The van der Waals surface area contributed by atoms with E-state index in [1.165, 1.54) is 18.4 Å². The first kappa shape index (κ1) is 19.4. The minimum atomic E-state index is -0.498. The third kappa shape index (κ3) is 4.22. The van der Waals surface area contributed by atoms with Crippen molar-refractivity contribution in [1.82, 2.24) is 14.9 Å². The molecule has 0 atom stereocenters. The number of hydrogen-bond acceptors (Lipinski definition) is 4. The maximum Gasteiger partial charge on any atom is 0.286 e. The molecule has 8 heteroatoms. The SMILES string of the molecule is O=C(Cn1c(CCNC(=O)c2ccco2)nc2ccccc21)Nc1ccccc1F. The smallest absolute Gasteiger partial charge is 0.286 e. The van der Waals surface area contributed by atoms with E-state index in [2.05, 4.69) is 15.6 Å². The van der Waals surface area contributed by atoms with Gasteiger partial charge in [-0.1, -0.05) is 24.3 Å². The van der Waals surface area contributed by atoms with Crippen LogP contribution in [-0.4, -0.2) is 27.9 Å². The summed E-state index contributed by atoms with van der Waals surface area (Å²) in [5.41, 5.74) is 1.65. The molecular weight excluding hydrogens is 387 g/mol. The molecule has 0 spiro atoms. The average molecular weight is 406 g/mol. The minimum Gasteiger partial charge on any atom is -0.459 e. The number of furan rings is 1. The van der Waals surface area contributed by atoms with Crippen molar-refractivity contribution in [3.05, 3.63) is 84.3 Å². The number of imidazole rings is 1. The number of carbonyl (C=O) groups is 2. The molecule has 0 bridgehead atoms. The predicted molar refractivity (Wildman–Crippen MR) is 110 cm³/mol. The van der Waals surface area contributed by atoms with E-state index < -0.39 is 5.82 Å². The lowest BCUT2D eigenvalue weighted by molar-refractivity contribution is -0.116.